The molecule has 0 aromatic heterocycles. The van der Waals surface area contributed by atoms with Gasteiger partial charge in [-0.05, 0) is 47.2 Å². The van der Waals surface area contributed by atoms with Crippen LogP contribution in [0.25, 0.3) is 0 Å². The number of nitrogens with zero attached hydrogens (tertiary/aromatic N) is 2. The standard InChI is InChI=1S/C27H26N2O2S/c30-25-19-32-27(29(25)17-14-20-6-2-1-3-7-20)23-12-10-22(11-13-23)26(31)28-16-15-21-8-4-5-9-24(21)18-28/h1-13,27H,14-19H2. The molecule has 3 aromatic carbocycles. The number of benzene rings is 3. The van der Waals surface area contributed by atoms with Gasteiger partial charge in [0.15, 0.2) is 0 Å². The highest BCUT2D eigenvalue weighted by atomic mass is 32.2. The van der Waals surface area contributed by atoms with E-state index in [9.17, 15) is 9.59 Å². The molecule has 162 valence electrons. The fraction of sp³-hybridized carbons (Fsp3) is 0.259. The first kappa shape index (κ1) is 20.8. The summed E-state index contributed by atoms with van der Waals surface area (Å²) in [6, 6.07) is 26.5. The van der Waals surface area contributed by atoms with Crippen LogP contribution in [-0.2, 0) is 24.2 Å². The van der Waals surface area contributed by atoms with E-state index in [1.807, 2.05) is 58.3 Å². The molecule has 1 atom stereocenters. The van der Waals surface area contributed by atoms with Crippen LogP contribution >= 0.6 is 11.8 Å². The van der Waals surface area contributed by atoms with E-state index in [2.05, 4.69) is 30.3 Å². The molecule has 2 amide bonds. The molecule has 32 heavy (non-hydrogen) atoms. The first-order valence-electron chi connectivity index (χ1n) is 11.1. The van der Waals surface area contributed by atoms with Crippen LogP contribution in [0, 0.1) is 0 Å². The topological polar surface area (TPSA) is 40.6 Å². The molecule has 5 rings (SSSR count). The summed E-state index contributed by atoms with van der Waals surface area (Å²) >= 11 is 1.66. The van der Waals surface area contributed by atoms with Crippen LogP contribution in [0.5, 0.6) is 0 Å². The van der Waals surface area contributed by atoms with Gasteiger partial charge in [0.1, 0.15) is 5.37 Å². The van der Waals surface area contributed by atoms with Gasteiger partial charge in [-0.3, -0.25) is 9.59 Å². The molecule has 2 aliphatic heterocycles. The van der Waals surface area contributed by atoms with Gasteiger partial charge in [0.25, 0.3) is 5.91 Å². The van der Waals surface area contributed by atoms with Crippen molar-refractivity contribution in [3.8, 4) is 0 Å². The third kappa shape index (κ3) is 4.30. The van der Waals surface area contributed by atoms with Crippen molar-refractivity contribution in [2.75, 3.05) is 18.8 Å². The van der Waals surface area contributed by atoms with Gasteiger partial charge < -0.3 is 9.80 Å². The number of rotatable bonds is 5. The molecule has 0 N–H and O–H groups in total. The molecule has 1 unspecified atom stereocenters. The van der Waals surface area contributed by atoms with Crippen LogP contribution in [0.1, 0.15) is 38.0 Å². The third-order valence-electron chi connectivity index (χ3n) is 6.31. The molecule has 0 spiro atoms. The van der Waals surface area contributed by atoms with E-state index in [4.69, 9.17) is 0 Å². The Morgan fingerprint density at radius 1 is 0.906 bits per heavy atom. The maximum Gasteiger partial charge on any atom is 0.254 e. The second-order valence-corrected chi connectivity index (χ2v) is 9.42. The summed E-state index contributed by atoms with van der Waals surface area (Å²) in [5.41, 5.74) is 5.59. The highest BCUT2D eigenvalue weighted by molar-refractivity contribution is 8.00. The zero-order chi connectivity index (χ0) is 21.9. The molecule has 5 heteroatoms. The zero-order valence-corrected chi connectivity index (χ0v) is 18.8. The number of fused-ring (bicyclic) bond motifs is 1. The highest BCUT2D eigenvalue weighted by Gasteiger charge is 2.32. The third-order valence-corrected chi connectivity index (χ3v) is 7.57. The Hall–Kier alpha value is -3.05. The summed E-state index contributed by atoms with van der Waals surface area (Å²) in [5.74, 6) is 0.762. The summed E-state index contributed by atoms with van der Waals surface area (Å²) in [4.78, 5) is 29.5. The summed E-state index contributed by atoms with van der Waals surface area (Å²) in [7, 11) is 0. The van der Waals surface area contributed by atoms with Crippen molar-refractivity contribution in [2.45, 2.75) is 24.8 Å². The molecule has 2 heterocycles. The molecule has 4 nitrogen and oxygen atoms in total. The van der Waals surface area contributed by atoms with E-state index in [0.717, 1.165) is 24.9 Å². The Kier molecular flexibility index (Phi) is 5.99. The van der Waals surface area contributed by atoms with Gasteiger partial charge in [-0.2, -0.15) is 0 Å². The second kappa shape index (κ2) is 9.21. The molecular weight excluding hydrogens is 416 g/mol. The minimum absolute atomic E-state index is 0.0113. The molecule has 0 bridgehead atoms. The molecule has 1 fully saturated rings. The molecule has 1 saturated heterocycles. The van der Waals surface area contributed by atoms with E-state index in [-0.39, 0.29) is 17.2 Å². The van der Waals surface area contributed by atoms with Crippen molar-refractivity contribution in [1.29, 1.82) is 0 Å². The molecular formula is C27H26N2O2S. The predicted octanol–water partition coefficient (Wildman–Crippen LogP) is 4.70. The van der Waals surface area contributed by atoms with Crippen LogP contribution in [0.3, 0.4) is 0 Å². The van der Waals surface area contributed by atoms with Crippen molar-refractivity contribution in [2.24, 2.45) is 0 Å². The number of thioether (sulfide) groups is 1. The number of amides is 2. The first-order chi connectivity index (χ1) is 15.7. The van der Waals surface area contributed by atoms with Crippen molar-refractivity contribution in [3.05, 3.63) is 107 Å². The fourth-order valence-electron chi connectivity index (χ4n) is 4.51. The van der Waals surface area contributed by atoms with Gasteiger partial charge in [-0.1, -0.05) is 66.7 Å². The van der Waals surface area contributed by atoms with Crippen LogP contribution in [0.15, 0.2) is 78.9 Å². The van der Waals surface area contributed by atoms with Gasteiger partial charge in [-0.15, -0.1) is 11.8 Å². The van der Waals surface area contributed by atoms with Crippen molar-refractivity contribution in [3.63, 3.8) is 0 Å². The van der Waals surface area contributed by atoms with Crippen molar-refractivity contribution in [1.82, 2.24) is 9.80 Å². The Balaban J connectivity index is 1.26. The zero-order valence-electron chi connectivity index (χ0n) is 17.9. The normalized spacial score (nSPS) is 18.0. The minimum atomic E-state index is 0.0113. The minimum Gasteiger partial charge on any atom is -0.334 e. The van der Waals surface area contributed by atoms with E-state index in [0.29, 0.717) is 24.4 Å². The number of carbonyl (C=O) groups is 2. The quantitative estimate of drug-likeness (QED) is 0.575. The van der Waals surface area contributed by atoms with Gasteiger partial charge in [-0.25, -0.2) is 0 Å². The average Bonchev–Trinajstić information content (AvgIpc) is 3.23. The van der Waals surface area contributed by atoms with E-state index < -0.39 is 0 Å². The van der Waals surface area contributed by atoms with Gasteiger partial charge in [0.2, 0.25) is 5.91 Å². The monoisotopic (exact) mass is 442 g/mol. The van der Waals surface area contributed by atoms with Crippen LogP contribution in [-0.4, -0.2) is 40.5 Å². The molecule has 0 radical (unpaired) electrons. The summed E-state index contributed by atoms with van der Waals surface area (Å²) < 4.78 is 0. The van der Waals surface area contributed by atoms with Crippen LogP contribution in [0.4, 0.5) is 0 Å². The molecule has 3 aromatic rings. The lowest BCUT2D eigenvalue weighted by atomic mass is 9.99. The lowest BCUT2D eigenvalue weighted by Gasteiger charge is -2.29. The summed E-state index contributed by atoms with van der Waals surface area (Å²) in [6.45, 7) is 2.11. The summed E-state index contributed by atoms with van der Waals surface area (Å²) in [6.07, 6.45) is 1.74. The lowest BCUT2D eigenvalue weighted by molar-refractivity contribution is -0.128. The van der Waals surface area contributed by atoms with E-state index in [1.54, 1.807) is 11.8 Å². The first-order valence-corrected chi connectivity index (χ1v) is 12.1. The predicted molar refractivity (Wildman–Crippen MR) is 128 cm³/mol. The maximum absolute atomic E-state index is 13.1. The number of hydrogen-bond acceptors (Lipinski definition) is 3. The Morgan fingerprint density at radius 2 is 1.62 bits per heavy atom. The number of hydrogen-bond donors (Lipinski definition) is 0. The van der Waals surface area contributed by atoms with Crippen LogP contribution < -0.4 is 0 Å². The Morgan fingerprint density at radius 3 is 2.41 bits per heavy atom. The van der Waals surface area contributed by atoms with Crippen molar-refractivity contribution < 1.29 is 9.59 Å². The van der Waals surface area contributed by atoms with Gasteiger partial charge >= 0.3 is 0 Å². The Bertz CT molecular complexity index is 1110. The van der Waals surface area contributed by atoms with Gasteiger partial charge in [0, 0.05) is 25.2 Å². The smallest absolute Gasteiger partial charge is 0.254 e. The maximum atomic E-state index is 13.1. The molecule has 0 aliphatic carbocycles. The van der Waals surface area contributed by atoms with Crippen LogP contribution in [0.2, 0.25) is 0 Å². The highest BCUT2D eigenvalue weighted by Crippen LogP contribution is 2.38. The molecule has 2 aliphatic rings. The van der Waals surface area contributed by atoms with Crippen molar-refractivity contribution >= 4 is 23.6 Å². The average molecular weight is 443 g/mol. The van der Waals surface area contributed by atoms with E-state index in [1.165, 1.54) is 16.7 Å². The number of carbonyl (C=O) groups excluding carboxylic acids is 2. The SMILES string of the molecule is O=C(c1ccc(C2SCC(=O)N2CCc2ccccc2)cc1)N1CCc2ccccc2C1. The largest absolute Gasteiger partial charge is 0.334 e. The second-order valence-electron chi connectivity index (χ2n) is 8.35. The lowest BCUT2D eigenvalue weighted by Crippen LogP contribution is -2.36. The fourth-order valence-corrected chi connectivity index (χ4v) is 5.73. The van der Waals surface area contributed by atoms with E-state index >= 15 is 0 Å². The Labute approximate surface area is 193 Å². The molecule has 0 saturated carbocycles. The van der Waals surface area contributed by atoms with Gasteiger partial charge in [0.05, 0.1) is 5.75 Å². The summed E-state index contributed by atoms with van der Waals surface area (Å²) in [5, 5.41) is 0.0113.